The Labute approximate surface area is 139 Å². The van der Waals surface area contributed by atoms with Gasteiger partial charge >= 0.3 is 0 Å². The molecule has 0 aliphatic carbocycles. The van der Waals surface area contributed by atoms with Crippen LogP contribution < -0.4 is 9.47 Å². The minimum atomic E-state index is -1.07. The van der Waals surface area contributed by atoms with Crippen molar-refractivity contribution in [2.45, 2.75) is 25.7 Å². The van der Waals surface area contributed by atoms with Crippen LogP contribution in [0.5, 0.6) is 11.5 Å². The van der Waals surface area contributed by atoms with E-state index < -0.39 is 8.07 Å². The third kappa shape index (κ3) is 5.86. The van der Waals surface area contributed by atoms with Crippen molar-refractivity contribution in [3.63, 3.8) is 0 Å². The van der Waals surface area contributed by atoms with Crippen LogP contribution in [0, 0.1) is 0 Å². The highest BCUT2D eigenvalue weighted by atomic mass is 28.3. The third-order valence-corrected chi connectivity index (χ3v) is 5.14. The van der Waals surface area contributed by atoms with Gasteiger partial charge in [0.1, 0.15) is 11.5 Å². The van der Waals surface area contributed by atoms with Crippen LogP contribution in [0.1, 0.15) is 0 Å². The van der Waals surface area contributed by atoms with Gasteiger partial charge in [-0.25, -0.2) is 0 Å². The van der Waals surface area contributed by atoms with Crippen molar-refractivity contribution in [2.24, 2.45) is 0 Å². The number of rotatable bonds is 9. The van der Waals surface area contributed by atoms with Crippen molar-refractivity contribution in [1.29, 1.82) is 0 Å². The molecule has 0 aliphatic rings. The van der Waals surface area contributed by atoms with Crippen molar-refractivity contribution < 1.29 is 18.9 Å². The second-order valence-electron chi connectivity index (χ2n) is 6.67. The smallest absolute Gasteiger partial charge is 0.189 e. The summed E-state index contributed by atoms with van der Waals surface area (Å²) in [7, 11) is 0.533. The molecule has 0 saturated carbocycles. The van der Waals surface area contributed by atoms with Crippen LogP contribution in [0.15, 0.2) is 36.4 Å². The molecule has 0 aromatic heterocycles. The molecule has 0 spiro atoms. The summed E-state index contributed by atoms with van der Waals surface area (Å²) >= 11 is 0. The summed E-state index contributed by atoms with van der Waals surface area (Å²) in [6, 6.07) is 13.1. The van der Waals surface area contributed by atoms with Crippen LogP contribution in [-0.2, 0) is 9.47 Å². The quantitative estimate of drug-likeness (QED) is 0.384. The Morgan fingerprint density at radius 1 is 0.957 bits per heavy atom. The first-order valence-corrected chi connectivity index (χ1v) is 11.6. The Morgan fingerprint density at radius 2 is 1.74 bits per heavy atom. The largest absolute Gasteiger partial charge is 0.467 e. The zero-order valence-corrected chi connectivity index (χ0v) is 15.4. The van der Waals surface area contributed by atoms with Crippen LogP contribution >= 0.6 is 0 Å². The van der Waals surface area contributed by atoms with Gasteiger partial charge in [0.2, 0.25) is 0 Å². The maximum Gasteiger partial charge on any atom is 0.189 e. The van der Waals surface area contributed by atoms with Crippen molar-refractivity contribution in [3.05, 3.63) is 36.4 Å². The normalized spacial score (nSPS) is 11.7. The summed E-state index contributed by atoms with van der Waals surface area (Å²) in [6.07, 6.45) is 0. The highest BCUT2D eigenvalue weighted by Gasteiger charge is 2.12. The highest BCUT2D eigenvalue weighted by molar-refractivity contribution is 6.76. The zero-order chi connectivity index (χ0) is 16.7. The second kappa shape index (κ2) is 8.33. The Bertz CT molecular complexity index is 622. The van der Waals surface area contributed by atoms with E-state index in [1.54, 1.807) is 7.11 Å². The molecule has 0 heterocycles. The molecule has 0 N–H and O–H groups in total. The van der Waals surface area contributed by atoms with Crippen molar-refractivity contribution in [2.75, 3.05) is 27.3 Å². The minimum Gasteiger partial charge on any atom is -0.467 e. The lowest BCUT2D eigenvalue weighted by Crippen LogP contribution is -2.22. The van der Waals surface area contributed by atoms with Crippen molar-refractivity contribution in [1.82, 2.24) is 0 Å². The summed E-state index contributed by atoms with van der Waals surface area (Å²) in [5, 5.41) is 2.12. The van der Waals surface area contributed by atoms with Gasteiger partial charge in [-0.3, -0.25) is 0 Å². The predicted octanol–water partition coefficient (Wildman–Crippen LogP) is 4.51. The number of fused-ring (bicyclic) bond motifs is 1. The van der Waals surface area contributed by atoms with E-state index >= 15 is 0 Å². The molecule has 0 saturated heterocycles. The summed E-state index contributed by atoms with van der Waals surface area (Å²) in [6.45, 7) is 8.21. The fraction of sp³-hybridized carbons (Fsp3) is 0.444. The summed E-state index contributed by atoms with van der Waals surface area (Å²) in [5.41, 5.74) is 0. The molecule has 0 atom stereocenters. The SMILES string of the molecule is COCOc1cc(OCOCC[Si](C)(C)C)c2ccccc2c1. The third-order valence-electron chi connectivity index (χ3n) is 3.43. The molecule has 0 unspecified atom stereocenters. The molecular weight excluding hydrogens is 308 g/mol. The highest BCUT2D eigenvalue weighted by Crippen LogP contribution is 2.31. The van der Waals surface area contributed by atoms with E-state index in [1.807, 2.05) is 36.4 Å². The standard InChI is InChI=1S/C18H26O4Si/c1-19-13-21-16-11-15-7-5-6-8-17(15)18(12-16)22-14-20-9-10-23(2,3)4/h5-8,11-12H,9-10,13-14H2,1-4H3. The van der Waals surface area contributed by atoms with E-state index in [0.29, 0.717) is 0 Å². The number of hydrogen-bond donors (Lipinski definition) is 0. The van der Waals surface area contributed by atoms with Gasteiger partial charge in [0.05, 0.1) is 0 Å². The molecule has 0 aliphatic heterocycles. The maximum absolute atomic E-state index is 5.83. The van der Waals surface area contributed by atoms with E-state index in [2.05, 4.69) is 19.6 Å². The summed E-state index contributed by atoms with van der Waals surface area (Å²) < 4.78 is 22.0. The lowest BCUT2D eigenvalue weighted by Gasteiger charge is -2.16. The van der Waals surface area contributed by atoms with Gasteiger partial charge in [-0.05, 0) is 17.5 Å². The predicted molar refractivity (Wildman–Crippen MR) is 96.1 cm³/mol. The van der Waals surface area contributed by atoms with E-state index in [-0.39, 0.29) is 13.6 Å². The molecule has 126 valence electrons. The topological polar surface area (TPSA) is 36.9 Å². The lowest BCUT2D eigenvalue weighted by atomic mass is 10.1. The minimum absolute atomic E-state index is 0.213. The van der Waals surface area contributed by atoms with Crippen LogP contribution in [0.4, 0.5) is 0 Å². The van der Waals surface area contributed by atoms with Crippen LogP contribution in [-0.4, -0.2) is 35.4 Å². The van der Waals surface area contributed by atoms with E-state index in [0.717, 1.165) is 34.9 Å². The van der Waals surface area contributed by atoms with Gasteiger partial charge in [0.25, 0.3) is 0 Å². The van der Waals surface area contributed by atoms with Gasteiger partial charge in [0.15, 0.2) is 13.6 Å². The first kappa shape index (κ1) is 17.8. The lowest BCUT2D eigenvalue weighted by molar-refractivity contribution is 0.0223. The van der Waals surface area contributed by atoms with Gasteiger partial charge in [-0.15, -0.1) is 0 Å². The van der Waals surface area contributed by atoms with E-state index in [4.69, 9.17) is 18.9 Å². The second-order valence-corrected chi connectivity index (χ2v) is 12.3. The molecule has 23 heavy (non-hydrogen) atoms. The Hall–Kier alpha value is -1.56. The molecule has 0 fully saturated rings. The van der Waals surface area contributed by atoms with Crippen LogP contribution in [0.25, 0.3) is 10.8 Å². The molecule has 2 rings (SSSR count). The summed E-state index contributed by atoms with van der Waals surface area (Å²) in [4.78, 5) is 0. The average molecular weight is 334 g/mol. The van der Waals surface area contributed by atoms with Crippen molar-refractivity contribution >= 4 is 18.8 Å². The molecule has 4 nitrogen and oxygen atoms in total. The maximum atomic E-state index is 5.83. The fourth-order valence-electron chi connectivity index (χ4n) is 2.12. The van der Waals surface area contributed by atoms with E-state index in [9.17, 15) is 0 Å². The fourth-order valence-corrected chi connectivity index (χ4v) is 2.88. The van der Waals surface area contributed by atoms with Gasteiger partial charge in [-0.2, -0.15) is 0 Å². The number of methoxy groups -OCH3 is 1. The average Bonchev–Trinajstić information content (AvgIpc) is 2.51. The molecule has 0 bridgehead atoms. The number of benzene rings is 2. The first-order chi connectivity index (χ1) is 11.0. The monoisotopic (exact) mass is 334 g/mol. The molecule has 2 aromatic carbocycles. The Kier molecular flexibility index (Phi) is 6.44. The van der Waals surface area contributed by atoms with E-state index in [1.165, 1.54) is 0 Å². The molecule has 5 heteroatoms. The number of hydrogen-bond acceptors (Lipinski definition) is 4. The zero-order valence-electron chi connectivity index (χ0n) is 14.4. The first-order valence-electron chi connectivity index (χ1n) is 7.85. The van der Waals surface area contributed by atoms with Crippen LogP contribution in [0.3, 0.4) is 0 Å². The van der Waals surface area contributed by atoms with Gasteiger partial charge < -0.3 is 18.9 Å². The summed E-state index contributed by atoms with van der Waals surface area (Å²) in [5.74, 6) is 1.49. The van der Waals surface area contributed by atoms with Crippen molar-refractivity contribution in [3.8, 4) is 11.5 Å². The van der Waals surface area contributed by atoms with Gasteiger partial charge in [-0.1, -0.05) is 43.9 Å². The van der Waals surface area contributed by atoms with Gasteiger partial charge in [0, 0.05) is 33.2 Å². The molecule has 0 amide bonds. The Balaban J connectivity index is 2.02. The molecule has 0 radical (unpaired) electrons. The van der Waals surface area contributed by atoms with Crippen LogP contribution in [0.2, 0.25) is 25.7 Å². The number of ether oxygens (including phenoxy) is 4. The molecular formula is C18H26O4Si. The Morgan fingerprint density at radius 3 is 2.48 bits per heavy atom. The molecule has 2 aromatic rings.